The summed E-state index contributed by atoms with van der Waals surface area (Å²) in [5, 5.41) is 0. The average Bonchev–Trinajstić information content (AvgIpc) is 3.20. The topological polar surface area (TPSA) is 60.9 Å². The van der Waals surface area contributed by atoms with Crippen molar-refractivity contribution in [1.29, 1.82) is 0 Å². The molecule has 3 aromatic carbocycles. The Kier molecular flexibility index (Phi) is 5.81. The fourth-order valence-electron chi connectivity index (χ4n) is 4.91. The monoisotopic (exact) mass is 475 g/mol. The summed E-state index contributed by atoms with van der Waals surface area (Å²) in [5.41, 5.74) is 4.38. The summed E-state index contributed by atoms with van der Waals surface area (Å²) in [6, 6.07) is 22.4. The van der Waals surface area contributed by atoms with E-state index in [0.717, 1.165) is 24.2 Å². The van der Waals surface area contributed by atoms with Gasteiger partial charge in [-0.15, -0.1) is 0 Å². The van der Waals surface area contributed by atoms with Gasteiger partial charge >= 0.3 is 0 Å². The number of aryl methyl sites for hydroxylation is 1. The van der Waals surface area contributed by atoms with Gasteiger partial charge in [0.25, 0.3) is 15.9 Å². The number of hydrogen-bond acceptors (Lipinski definition) is 4. The van der Waals surface area contributed by atoms with Crippen LogP contribution in [0.4, 0.5) is 11.4 Å². The first kappa shape index (κ1) is 22.5. The number of anilines is 2. The zero-order valence-electron chi connectivity index (χ0n) is 19.5. The van der Waals surface area contributed by atoms with Gasteiger partial charge in [-0.05, 0) is 68.3 Å². The molecule has 7 heteroatoms. The van der Waals surface area contributed by atoms with Gasteiger partial charge in [0.15, 0.2) is 0 Å². The Balaban J connectivity index is 1.33. The summed E-state index contributed by atoms with van der Waals surface area (Å²) in [6.45, 7) is 6.76. The van der Waals surface area contributed by atoms with Crippen LogP contribution in [0.25, 0.3) is 0 Å². The van der Waals surface area contributed by atoms with Crippen LogP contribution in [-0.2, 0) is 16.4 Å². The minimum absolute atomic E-state index is 0.00278. The van der Waals surface area contributed by atoms with Crippen LogP contribution in [0.5, 0.6) is 0 Å². The maximum Gasteiger partial charge on any atom is 0.264 e. The number of para-hydroxylation sites is 1. The van der Waals surface area contributed by atoms with Crippen LogP contribution >= 0.6 is 0 Å². The Labute approximate surface area is 201 Å². The van der Waals surface area contributed by atoms with Crippen molar-refractivity contribution in [3.8, 4) is 0 Å². The van der Waals surface area contributed by atoms with E-state index in [0.29, 0.717) is 30.8 Å². The molecule has 176 valence electrons. The van der Waals surface area contributed by atoms with Crippen LogP contribution in [0.3, 0.4) is 0 Å². The molecule has 0 aromatic heterocycles. The van der Waals surface area contributed by atoms with E-state index in [9.17, 15) is 13.2 Å². The first-order chi connectivity index (χ1) is 16.3. The van der Waals surface area contributed by atoms with Crippen LogP contribution < -0.4 is 9.21 Å². The van der Waals surface area contributed by atoms with Crippen molar-refractivity contribution in [3.63, 3.8) is 0 Å². The zero-order valence-corrected chi connectivity index (χ0v) is 20.3. The second kappa shape index (κ2) is 8.80. The quantitative estimate of drug-likeness (QED) is 0.570. The highest BCUT2D eigenvalue weighted by atomic mass is 32.2. The van der Waals surface area contributed by atoms with Crippen LogP contribution in [0.2, 0.25) is 0 Å². The molecule has 0 saturated carbocycles. The van der Waals surface area contributed by atoms with Gasteiger partial charge in [0.1, 0.15) is 0 Å². The first-order valence-corrected chi connectivity index (χ1v) is 13.1. The normalized spacial score (nSPS) is 18.2. The lowest BCUT2D eigenvalue weighted by atomic mass is 10.1. The molecule has 3 aromatic rings. The lowest BCUT2D eigenvalue weighted by Crippen LogP contribution is -2.48. The smallest absolute Gasteiger partial charge is 0.264 e. The Morgan fingerprint density at radius 1 is 0.882 bits per heavy atom. The van der Waals surface area contributed by atoms with Crippen molar-refractivity contribution in [2.24, 2.45) is 0 Å². The Hall–Kier alpha value is -3.32. The van der Waals surface area contributed by atoms with Crippen LogP contribution in [0, 0.1) is 6.92 Å². The van der Waals surface area contributed by atoms with Crippen molar-refractivity contribution in [2.45, 2.75) is 31.2 Å². The molecule has 5 rings (SSSR count). The molecule has 1 saturated heterocycles. The van der Waals surface area contributed by atoms with E-state index in [4.69, 9.17) is 0 Å². The molecule has 2 aliphatic heterocycles. The number of nitrogens with zero attached hydrogens (tertiary/aromatic N) is 3. The van der Waals surface area contributed by atoms with Gasteiger partial charge in [0.05, 0.1) is 10.6 Å². The third-order valence-electron chi connectivity index (χ3n) is 6.75. The summed E-state index contributed by atoms with van der Waals surface area (Å²) in [4.78, 5) is 17.7. The van der Waals surface area contributed by atoms with Gasteiger partial charge in [-0.3, -0.25) is 9.10 Å². The average molecular weight is 476 g/mol. The van der Waals surface area contributed by atoms with Gasteiger partial charge in [-0.2, -0.15) is 0 Å². The van der Waals surface area contributed by atoms with Crippen molar-refractivity contribution in [1.82, 2.24) is 4.90 Å². The van der Waals surface area contributed by atoms with E-state index in [1.54, 1.807) is 24.3 Å². The highest BCUT2D eigenvalue weighted by Crippen LogP contribution is 2.37. The number of benzene rings is 3. The summed E-state index contributed by atoms with van der Waals surface area (Å²) in [7, 11) is -3.67. The minimum atomic E-state index is -3.67. The predicted octanol–water partition coefficient (Wildman–Crippen LogP) is 4.10. The number of piperazine rings is 1. The molecule has 0 aliphatic carbocycles. The number of carbonyl (C=O) groups excluding carboxylic acids is 1. The lowest BCUT2D eigenvalue weighted by Gasteiger charge is -2.36. The van der Waals surface area contributed by atoms with Crippen LogP contribution in [0.1, 0.15) is 28.4 Å². The molecular formula is C27H29N3O3S. The molecule has 2 heterocycles. The SMILES string of the molecule is Cc1ccc(S(=O)(=O)N2c3ccc(C(=O)N4CCN(c5ccccc5)CC4)cc3C[C@@H]2C)cc1. The maximum atomic E-state index is 13.4. The van der Waals surface area contributed by atoms with Gasteiger partial charge in [0, 0.05) is 43.5 Å². The third kappa shape index (κ3) is 4.05. The van der Waals surface area contributed by atoms with Gasteiger partial charge in [-0.1, -0.05) is 35.9 Å². The van der Waals surface area contributed by atoms with E-state index < -0.39 is 10.0 Å². The highest BCUT2D eigenvalue weighted by Gasteiger charge is 2.36. The third-order valence-corrected chi connectivity index (χ3v) is 8.69. The molecule has 34 heavy (non-hydrogen) atoms. The van der Waals surface area contributed by atoms with Gasteiger partial charge in [0.2, 0.25) is 0 Å². The van der Waals surface area contributed by atoms with Crippen molar-refractivity contribution in [3.05, 3.63) is 89.5 Å². The molecule has 6 nitrogen and oxygen atoms in total. The molecule has 0 spiro atoms. The Bertz CT molecular complexity index is 1300. The van der Waals surface area contributed by atoms with Crippen LogP contribution in [-0.4, -0.2) is 51.4 Å². The fourth-order valence-corrected chi connectivity index (χ4v) is 6.61. The van der Waals surface area contributed by atoms with E-state index >= 15 is 0 Å². The second-order valence-electron chi connectivity index (χ2n) is 9.13. The zero-order chi connectivity index (χ0) is 23.9. The second-order valence-corrected chi connectivity index (χ2v) is 10.9. The molecular weight excluding hydrogens is 446 g/mol. The minimum Gasteiger partial charge on any atom is -0.368 e. The molecule has 0 unspecified atom stereocenters. The molecule has 1 atom stereocenters. The Morgan fingerprint density at radius 3 is 2.24 bits per heavy atom. The molecule has 0 bridgehead atoms. The van der Waals surface area contributed by atoms with E-state index in [1.165, 1.54) is 9.99 Å². The maximum absolute atomic E-state index is 13.4. The first-order valence-electron chi connectivity index (χ1n) is 11.7. The summed E-state index contributed by atoms with van der Waals surface area (Å²) < 4.78 is 28.3. The number of fused-ring (bicyclic) bond motifs is 1. The molecule has 1 amide bonds. The molecule has 0 radical (unpaired) electrons. The van der Waals surface area contributed by atoms with E-state index in [1.807, 2.05) is 55.1 Å². The van der Waals surface area contributed by atoms with Crippen molar-refractivity contribution >= 4 is 27.3 Å². The van der Waals surface area contributed by atoms with Crippen molar-refractivity contribution < 1.29 is 13.2 Å². The fraction of sp³-hybridized carbons (Fsp3) is 0.296. The Morgan fingerprint density at radius 2 is 1.56 bits per heavy atom. The highest BCUT2D eigenvalue weighted by molar-refractivity contribution is 7.92. The molecule has 1 fully saturated rings. The number of amides is 1. The number of sulfonamides is 1. The number of rotatable bonds is 4. The largest absolute Gasteiger partial charge is 0.368 e. The lowest BCUT2D eigenvalue weighted by molar-refractivity contribution is 0.0746. The summed E-state index contributed by atoms with van der Waals surface area (Å²) in [6.07, 6.45) is 0.587. The standard InChI is InChI=1S/C27H29N3O3S/c1-20-8-11-25(12-9-20)34(32,33)30-21(2)18-23-19-22(10-13-26(23)30)27(31)29-16-14-28(15-17-29)24-6-4-3-5-7-24/h3-13,19,21H,14-18H2,1-2H3/t21-/m0/s1. The number of carbonyl (C=O) groups is 1. The number of hydrogen-bond donors (Lipinski definition) is 0. The molecule has 0 N–H and O–H groups in total. The van der Waals surface area contributed by atoms with Crippen molar-refractivity contribution in [2.75, 3.05) is 35.4 Å². The molecule has 2 aliphatic rings. The summed E-state index contributed by atoms with van der Waals surface area (Å²) >= 11 is 0. The van der Waals surface area contributed by atoms with Gasteiger partial charge in [-0.25, -0.2) is 8.42 Å². The van der Waals surface area contributed by atoms with E-state index in [-0.39, 0.29) is 16.8 Å². The summed E-state index contributed by atoms with van der Waals surface area (Å²) in [5.74, 6) is 0.00278. The van der Waals surface area contributed by atoms with Crippen LogP contribution in [0.15, 0.2) is 77.7 Å². The van der Waals surface area contributed by atoms with Gasteiger partial charge < -0.3 is 9.80 Å². The van der Waals surface area contributed by atoms with E-state index in [2.05, 4.69) is 17.0 Å². The predicted molar refractivity (Wildman–Crippen MR) is 135 cm³/mol.